The number of pyridine rings is 1. The molecule has 1 amide bonds. The number of hydrogen-bond donors (Lipinski definition) is 1. The molecule has 0 unspecified atom stereocenters. The third-order valence-electron chi connectivity index (χ3n) is 5.19. The van der Waals surface area contributed by atoms with E-state index in [1.807, 2.05) is 36.4 Å². The summed E-state index contributed by atoms with van der Waals surface area (Å²) in [4.78, 5) is 17.6. The molecular weight excluding hydrogens is 453 g/mol. The molecule has 0 atom stereocenters. The average Bonchev–Trinajstić information content (AvgIpc) is 3.33. The number of halogens is 2. The molecule has 34 heavy (non-hydrogen) atoms. The minimum atomic E-state index is -0.403. The number of para-hydroxylation sites is 1. The Morgan fingerprint density at radius 1 is 0.941 bits per heavy atom. The molecule has 166 valence electrons. The number of carbonyl (C=O) groups excluding carboxylic acids is 1. The lowest BCUT2D eigenvalue weighted by atomic mass is 10.0. The second-order valence-corrected chi connectivity index (χ2v) is 7.93. The fourth-order valence-electron chi connectivity index (χ4n) is 3.57. The van der Waals surface area contributed by atoms with Gasteiger partial charge in [0.2, 0.25) is 0 Å². The predicted molar refractivity (Wildman–Crippen MR) is 131 cm³/mol. The molecule has 2 heterocycles. The zero-order valence-corrected chi connectivity index (χ0v) is 18.5. The monoisotopic (exact) mass is 469 g/mol. The average molecular weight is 470 g/mol. The zero-order chi connectivity index (χ0) is 23.5. The number of amides is 1. The number of nitrogens with zero attached hydrogens (tertiary/aromatic N) is 2. The minimum absolute atomic E-state index is 0.340. The number of furan rings is 1. The Hall–Kier alpha value is -4.29. The summed E-state index contributed by atoms with van der Waals surface area (Å²) in [5, 5.41) is 5.34. The summed E-state index contributed by atoms with van der Waals surface area (Å²) in [5.74, 6) is 0.370. The van der Waals surface area contributed by atoms with E-state index < -0.39 is 5.91 Å². The van der Waals surface area contributed by atoms with Crippen LogP contribution >= 0.6 is 11.6 Å². The first-order valence-electron chi connectivity index (χ1n) is 10.4. The molecule has 0 saturated carbocycles. The molecule has 0 fully saturated rings. The highest BCUT2D eigenvalue weighted by Gasteiger charge is 2.14. The minimum Gasteiger partial charge on any atom is -0.455 e. The maximum absolute atomic E-state index is 13.3. The van der Waals surface area contributed by atoms with Crippen LogP contribution in [-0.2, 0) is 0 Å². The second kappa shape index (κ2) is 9.29. The SMILES string of the molecule is O=C(N/N=C/c1ccc(-c2cccc(Cl)c2)o1)c1cc(-c2ccc(F)cc2)nc2ccccc12. The van der Waals surface area contributed by atoms with Gasteiger partial charge in [-0.05, 0) is 60.7 Å². The molecule has 2 aromatic heterocycles. The van der Waals surface area contributed by atoms with Crippen molar-refractivity contribution in [1.82, 2.24) is 10.4 Å². The van der Waals surface area contributed by atoms with E-state index in [4.69, 9.17) is 16.0 Å². The van der Waals surface area contributed by atoms with Gasteiger partial charge in [0, 0.05) is 21.5 Å². The first-order chi connectivity index (χ1) is 16.6. The van der Waals surface area contributed by atoms with E-state index in [0.717, 1.165) is 5.56 Å². The molecule has 0 aliphatic heterocycles. The van der Waals surface area contributed by atoms with E-state index >= 15 is 0 Å². The Labute approximate surface area is 199 Å². The summed E-state index contributed by atoms with van der Waals surface area (Å²) < 4.78 is 19.1. The number of rotatable bonds is 5. The standard InChI is InChI=1S/C27H17ClFN3O2/c28-19-5-3-4-18(14-19)26-13-12-21(34-26)16-30-32-27(33)23-15-25(17-8-10-20(29)11-9-17)31-24-7-2-1-6-22(23)24/h1-16H,(H,32,33)/b30-16+. The summed E-state index contributed by atoms with van der Waals surface area (Å²) in [6.07, 6.45) is 1.43. The van der Waals surface area contributed by atoms with Gasteiger partial charge in [0.05, 0.1) is 23.0 Å². The van der Waals surface area contributed by atoms with Crippen LogP contribution in [0.4, 0.5) is 4.39 Å². The summed E-state index contributed by atoms with van der Waals surface area (Å²) >= 11 is 6.04. The summed E-state index contributed by atoms with van der Waals surface area (Å²) in [6.45, 7) is 0. The maximum atomic E-state index is 13.3. The lowest BCUT2D eigenvalue weighted by Crippen LogP contribution is -2.18. The Morgan fingerprint density at radius 2 is 1.76 bits per heavy atom. The van der Waals surface area contributed by atoms with Gasteiger partial charge < -0.3 is 4.42 Å². The Kier molecular flexibility index (Phi) is 5.89. The highest BCUT2D eigenvalue weighted by molar-refractivity contribution is 6.30. The van der Waals surface area contributed by atoms with Crippen molar-refractivity contribution in [1.29, 1.82) is 0 Å². The van der Waals surface area contributed by atoms with Crippen molar-refractivity contribution in [3.8, 4) is 22.6 Å². The molecule has 0 saturated heterocycles. The Bertz CT molecular complexity index is 1530. The molecule has 0 bridgehead atoms. The highest BCUT2D eigenvalue weighted by atomic mass is 35.5. The van der Waals surface area contributed by atoms with E-state index in [0.29, 0.717) is 44.3 Å². The van der Waals surface area contributed by atoms with Crippen LogP contribution in [0.2, 0.25) is 5.02 Å². The van der Waals surface area contributed by atoms with Gasteiger partial charge in [0.25, 0.3) is 5.91 Å². The first-order valence-corrected chi connectivity index (χ1v) is 10.8. The fraction of sp³-hybridized carbons (Fsp3) is 0. The van der Waals surface area contributed by atoms with Crippen molar-refractivity contribution >= 4 is 34.6 Å². The third kappa shape index (κ3) is 4.58. The van der Waals surface area contributed by atoms with Gasteiger partial charge in [-0.1, -0.05) is 41.9 Å². The zero-order valence-electron chi connectivity index (χ0n) is 17.7. The number of hydrogen-bond acceptors (Lipinski definition) is 4. The van der Waals surface area contributed by atoms with Crippen LogP contribution in [0.25, 0.3) is 33.5 Å². The molecule has 0 spiro atoms. The van der Waals surface area contributed by atoms with E-state index in [-0.39, 0.29) is 5.82 Å². The molecule has 0 aliphatic carbocycles. The summed E-state index contributed by atoms with van der Waals surface area (Å²) in [7, 11) is 0. The van der Waals surface area contributed by atoms with E-state index in [9.17, 15) is 9.18 Å². The number of hydrazone groups is 1. The molecule has 3 aromatic carbocycles. The number of benzene rings is 3. The van der Waals surface area contributed by atoms with Gasteiger partial charge in [-0.25, -0.2) is 14.8 Å². The summed E-state index contributed by atoms with van der Waals surface area (Å²) in [6, 6.07) is 25.8. The molecule has 7 heteroatoms. The number of carbonyl (C=O) groups is 1. The normalized spacial score (nSPS) is 11.2. The Morgan fingerprint density at radius 3 is 2.59 bits per heavy atom. The Balaban J connectivity index is 1.39. The molecular formula is C27H17ClFN3O2. The van der Waals surface area contributed by atoms with E-state index in [2.05, 4.69) is 15.5 Å². The number of fused-ring (bicyclic) bond motifs is 1. The highest BCUT2D eigenvalue weighted by Crippen LogP contribution is 2.26. The van der Waals surface area contributed by atoms with Crippen LogP contribution in [-0.4, -0.2) is 17.1 Å². The van der Waals surface area contributed by atoms with E-state index in [1.54, 1.807) is 42.5 Å². The number of nitrogens with one attached hydrogen (secondary N) is 1. The lowest BCUT2D eigenvalue weighted by Gasteiger charge is -2.09. The van der Waals surface area contributed by atoms with Crippen molar-refractivity contribution < 1.29 is 13.6 Å². The predicted octanol–water partition coefficient (Wildman–Crippen LogP) is 6.72. The maximum Gasteiger partial charge on any atom is 0.272 e. The molecule has 5 nitrogen and oxygen atoms in total. The van der Waals surface area contributed by atoms with Crippen LogP contribution in [0.1, 0.15) is 16.1 Å². The van der Waals surface area contributed by atoms with Crippen molar-refractivity contribution in [3.63, 3.8) is 0 Å². The van der Waals surface area contributed by atoms with Gasteiger partial charge in [-0.2, -0.15) is 5.10 Å². The van der Waals surface area contributed by atoms with Gasteiger partial charge in [0.1, 0.15) is 17.3 Å². The summed E-state index contributed by atoms with van der Waals surface area (Å²) in [5.41, 5.74) is 5.70. The lowest BCUT2D eigenvalue weighted by molar-refractivity contribution is 0.0956. The van der Waals surface area contributed by atoms with Crippen molar-refractivity contribution in [2.75, 3.05) is 0 Å². The van der Waals surface area contributed by atoms with Gasteiger partial charge in [0.15, 0.2) is 0 Å². The molecule has 5 aromatic rings. The van der Waals surface area contributed by atoms with Gasteiger partial charge in [-0.3, -0.25) is 4.79 Å². The van der Waals surface area contributed by atoms with Crippen molar-refractivity contribution in [2.45, 2.75) is 0 Å². The van der Waals surface area contributed by atoms with Crippen LogP contribution in [0.15, 0.2) is 101 Å². The van der Waals surface area contributed by atoms with Gasteiger partial charge in [-0.15, -0.1) is 0 Å². The first kappa shape index (κ1) is 21.6. The fourth-order valence-corrected chi connectivity index (χ4v) is 3.76. The van der Waals surface area contributed by atoms with Crippen molar-refractivity contribution in [3.05, 3.63) is 113 Å². The quantitative estimate of drug-likeness (QED) is 0.229. The molecule has 0 radical (unpaired) electrons. The van der Waals surface area contributed by atoms with E-state index in [1.165, 1.54) is 18.3 Å². The second-order valence-electron chi connectivity index (χ2n) is 7.49. The van der Waals surface area contributed by atoms with Crippen LogP contribution in [0, 0.1) is 5.82 Å². The van der Waals surface area contributed by atoms with Gasteiger partial charge >= 0.3 is 0 Å². The number of aromatic nitrogens is 1. The van der Waals surface area contributed by atoms with Crippen LogP contribution < -0.4 is 5.43 Å². The molecule has 5 rings (SSSR count). The topological polar surface area (TPSA) is 67.5 Å². The van der Waals surface area contributed by atoms with Crippen LogP contribution in [0.5, 0.6) is 0 Å². The van der Waals surface area contributed by atoms with Crippen LogP contribution in [0.3, 0.4) is 0 Å². The smallest absolute Gasteiger partial charge is 0.272 e. The largest absolute Gasteiger partial charge is 0.455 e. The molecule has 1 N–H and O–H groups in total. The molecule has 0 aliphatic rings. The van der Waals surface area contributed by atoms with Crippen molar-refractivity contribution in [2.24, 2.45) is 5.10 Å². The third-order valence-corrected chi connectivity index (χ3v) is 5.43.